The van der Waals surface area contributed by atoms with Crippen LogP contribution in [0.15, 0.2) is 0 Å². The Hall–Kier alpha value is -1.10. The Morgan fingerprint density at radius 2 is 1.68 bits per heavy atom. The Bertz CT molecular complexity index is 377. The van der Waals surface area contributed by atoms with Crippen molar-refractivity contribution in [2.75, 3.05) is 19.6 Å². The fourth-order valence-electron chi connectivity index (χ4n) is 2.93. The minimum absolute atomic E-state index is 0.0316. The van der Waals surface area contributed by atoms with E-state index < -0.39 is 0 Å². The van der Waals surface area contributed by atoms with Gasteiger partial charge < -0.3 is 10.6 Å². The minimum atomic E-state index is -0.240. The molecule has 0 radical (unpaired) electrons. The molecule has 22 heavy (non-hydrogen) atoms. The average molecular weight is 311 g/mol. The van der Waals surface area contributed by atoms with E-state index in [0.717, 1.165) is 6.42 Å². The van der Waals surface area contributed by atoms with Crippen LogP contribution in [-0.2, 0) is 9.59 Å². The second-order valence-electron chi connectivity index (χ2n) is 7.54. The smallest absolute Gasteiger partial charge is 0.234 e. The van der Waals surface area contributed by atoms with Crippen LogP contribution in [0.3, 0.4) is 0 Å². The fourth-order valence-corrected chi connectivity index (χ4v) is 2.93. The van der Waals surface area contributed by atoms with Crippen LogP contribution in [0.2, 0.25) is 0 Å². The number of carbonyl (C=O) groups is 2. The summed E-state index contributed by atoms with van der Waals surface area (Å²) < 4.78 is 0. The zero-order valence-corrected chi connectivity index (χ0v) is 14.9. The van der Waals surface area contributed by atoms with Crippen molar-refractivity contribution in [3.05, 3.63) is 0 Å². The van der Waals surface area contributed by atoms with Gasteiger partial charge in [0.1, 0.15) is 0 Å². The maximum Gasteiger partial charge on any atom is 0.234 e. The molecule has 0 saturated heterocycles. The molecule has 1 saturated carbocycles. The first-order valence-electron chi connectivity index (χ1n) is 8.54. The molecule has 1 aliphatic rings. The summed E-state index contributed by atoms with van der Waals surface area (Å²) in [5, 5.41) is 6.08. The van der Waals surface area contributed by atoms with Gasteiger partial charge in [-0.25, -0.2) is 0 Å². The van der Waals surface area contributed by atoms with E-state index in [1.165, 1.54) is 19.3 Å². The van der Waals surface area contributed by atoms with E-state index in [0.29, 0.717) is 18.5 Å². The minimum Gasteiger partial charge on any atom is -0.352 e. The third-order valence-electron chi connectivity index (χ3n) is 4.15. The lowest BCUT2D eigenvalue weighted by Gasteiger charge is -2.30. The molecular weight excluding hydrogens is 278 g/mol. The molecule has 0 bridgehead atoms. The van der Waals surface area contributed by atoms with E-state index in [2.05, 4.69) is 17.6 Å². The van der Waals surface area contributed by atoms with Gasteiger partial charge in [-0.1, -0.05) is 26.7 Å². The van der Waals surface area contributed by atoms with Crippen molar-refractivity contribution in [3.8, 4) is 0 Å². The van der Waals surface area contributed by atoms with Gasteiger partial charge >= 0.3 is 0 Å². The third-order valence-corrected chi connectivity index (χ3v) is 4.15. The third kappa shape index (κ3) is 7.25. The van der Waals surface area contributed by atoms with Gasteiger partial charge in [-0.3, -0.25) is 14.5 Å². The normalized spacial score (nSPS) is 22.5. The predicted molar refractivity (Wildman–Crippen MR) is 89.6 cm³/mol. The molecule has 0 heterocycles. The van der Waals surface area contributed by atoms with Gasteiger partial charge in [0, 0.05) is 11.6 Å². The molecule has 1 fully saturated rings. The van der Waals surface area contributed by atoms with E-state index in [1.807, 2.05) is 32.6 Å². The van der Waals surface area contributed by atoms with Gasteiger partial charge in [0.15, 0.2) is 0 Å². The second kappa shape index (κ2) is 8.51. The molecule has 2 atom stereocenters. The van der Waals surface area contributed by atoms with E-state index >= 15 is 0 Å². The van der Waals surface area contributed by atoms with E-state index in [1.54, 1.807) is 0 Å². The van der Waals surface area contributed by atoms with Crippen LogP contribution in [-0.4, -0.2) is 47.9 Å². The highest BCUT2D eigenvalue weighted by Gasteiger charge is 2.24. The Labute approximate surface area is 135 Å². The summed E-state index contributed by atoms with van der Waals surface area (Å²) in [4.78, 5) is 26.1. The quantitative estimate of drug-likeness (QED) is 0.788. The second-order valence-corrected chi connectivity index (χ2v) is 7.54. The molecule has 0 spiro atoms. The largest absolute Gasteiger partial charge is 0.352 e. The predicted octanol–water partition coefficient (Wildman–Crippen LogP) is 1.92. The van der Waals surface area contributed by atoms with Crippen molar-refractivity contribution in [3.63, 3.8) is 0 Å². The summed E-state index contributed by atoms with van der Waals surface area (Å²) in [5.41, 5.74) is -0.240. The van der Waals surface area contributed by atoms with Crippen LogP contribution in [0, 0.1) is 5.92 Å². The summed E-state index contributed by atoms with van der Waals surface area (Å²) in [6.07, 6.45) is 4.72. The van der Waals surface area contributed by atoms with Crippen LogP contribution in [0.1, 0.15) is 60.3 Å². The zero-order chi connectivity index (χ0) is 16.8. The number of rotatable bonds is 6. The Kier molecular flexibility index (Phi) is 7.33. The number of amides is 2. The molecular formula is C17H33N3O2. The summed E-state index contributed by atoms with van der Waals surface area (Å²) in [6.45, 7) is 11.3. The molecule has 2 amide bonds. The Morgan fingerprint density at radius 1 is 1.09 bits per heavy atom. The SMILES string of the molecule is CCN(CC(=O)N[C@@H]1CCCC[C@@H]1C)CC(=O)NC(C)(C)C. The molecule has 0 aromatic rings. The summed E-state index contributed by atoms with van der Waals surface area (Å²) >= 11 is 0. The molecule has 1 rings (SSSR count). The number of nitrogens with one attached hydrogen (secondary N) is 2. The van der Waals surface area contributed by atoms with E-state index in [9.17, 15) is 9.59 Å². The Balaban J connectivity index is 2.41. The first-order valence-corrected chi connectivity index (χ1v) is 8.54. The van der Waals surface area contributed by atoms with Crippen LogP contribution < -0.4 is 10.6 Å². The average Bonchev–Trinajstić information content (AvgIpc) is 2.38. The van der Waals surface area contributed by atoms with Gasteiger partial charge in [0.2, 0.25) is 11.8 Å². The summed E-state index contributed by atoms with van der Waals surface area (Å²) in [6, 6.07) is 0.295. The van der Waals surface area contributed by atoms with Gasteiger partial charge in [-0.05, 0) is 46.1 Å². The first kappa shape index (κ1) is 18.9. The zero-order valence-electron chi connectivity index (χ0n) is 14.9. The van der Waals surface area contributed by atoms with Gasteiger partial charge in [-0.15, -0.1) is 0 Å². The van der Waals surface area contributed by atoms with Crippen molar-refractivity contribution in [2.45, 2.75) is 71.9 Å². The van der Waals surface area contributed by atoms with E-state index in [4.69, 9.17) is 0 Å². The van der Waals surface area contributed by atoms with Crippen LogP contribution in [0.5, 0.6) is 0 Å². The summed E-state index contributed by atoms with van der Waals surface area (Å²) in [5.74, 6) is 0.550. The van der Waals surface area contributed by atoms with Crippen LogP contribution in [0.4, 0.5) is 0 Å². The lowest BCUT2D eigenvalue weighted by atomic mass is 9.86. The molecule has 1 aliphatic carbocycles. The van der Waals surface area contributed by atoms with Crippen LogP contribution in [0.25, 0.3) is 0 Å². The maximum atomic E-state index is 12.2. The van der Waals surface area contributed by atoms with Gasteiger partial charge in [0.25, 0.3) is 0 Å². The van der Waals surface area contributed by atoms with Crippen molar-refractivity contribution in [2.24, 2.45) is 5.92 Å². The first-order chi connectivity index (χ1) is 10.2. The maximum absolute atomic E-state index is 12.2. The highest BCUT2D eigenvalue weighted by Crippen LogP contribution is 2.23. The molecule has 5 nitrogen and oxygen atoms in total. The Morgan fingerprint density at radius 3 is 2.23 bits per heavy atom. The molecule has 2 N–H and O–H groups in total. The van der Waals surface area contributed by atoms with Crippen molar-refractivity contribution in [1.29, 1.82) is 0 Å². The van der Waals surface area contributed by atoms with Crippen molar-refractivity contribution >= 4 is 11.8 Å². The van der Waals surface area contributed by atoms with E-state index in [-0.39, 0.29) is 30.4 Å². The highest BCUT2D eigenvalue weighted by molar-refractivity contribution is 5.81. The summed E-state index contributed by atoms with van der Waals surface area (Å²) in [7, 11) is 0. The monoisotopic (exact) mass is 311 g/mol. The highest BCUT2D eigenvalue weighted by atomic mass is 16.2. The van der Waals surface area contributed by atoms with Gasteiger partial charge in [0.05, 0.1) is 13.1 Å². The fraction of sp³-hybridized carbons (Fsp3) is 0.882. The molecule has 0 aromatic heterocycles. The van der Waals surface area contributed by atoms with Crippen LogP contribution >= 0.6 is 0 Å². The van der Waals surface area contributed by atoms with Crippen molar-refractivity contribution in [1.82, 2.24) is 15.5 Å². The number of likely N-dealkylation sites (N-methyl/N-ethyl adjacent to an activating group) is 1. The molecule has 0 aromatic carbocycles. The lowest BCUT2D eigenvalue weighted by Crippen LogP contribution is -2.49. The molecule has 5 heteroatoms. The standard InChI is InChI=1S/C17H33N3O2/c1-6-20(12-16(22)19-17(3,4)5)11-15(21)18-14-10-8-7-9-13(14)2/h13-14H,6-12H2,1-5H3,(H,18,21)(H,19,22)/t13-,14+/m0/s1. The number of nitrogens with zero attached hydrogens (tertiary/aromatic N) is 1. The topological polar surface area (TPSA) is 61.4 Å². The van der Waals surface area contributed by atoms with Gasteiger partial charge in [-0.2, -0.15) is 0 Å². The van der Waals surface area contributed by atoms with Crippen molar-refractivity contribution < 1.29 is 9.59 Å². The molecule has 128 valence electrons. The number of carbonyl (C=O) groups excluding carboxylic acids is 2. The number of hydrogen-bond acceptors (Lipinski definition) is 3. The lowest BCUT2D eigenvalue weighted by molar-refractivity contribution is -0.126. The number of hydrogen-bond donors (Lipinski definition) is 2. The molecule has 0 unspecified atom stereocenters. The molecule has 0 aliphatic heterocycles.